The first kappa shape index (κ1) is 14.3. The van der Waals surface area contributed by atoms with Crippen molar-refractivity contribution in [2.24, 2.45) is 5.10 Å². The molecule has 0 radical (unpaired) electrons. The van der Waals surface area contributed by atoms with E-state index in [9.17, 15) is 4.79 Å². The third kappa shape index (κ3) is 2.58. The van der Waals surface area contributed by atoms with Crippen molar-refractivity contribution >= 4 is 23.4 Å². The zero-order valence-corrected chi connectivity index (χ0v) is 13.0. The van der Waals surface area contributed by atoms with Crippen LogP contribution >= 0.6 is 0 Å². The lowest BCUT2D eigenvalue weighted by molar-refractivity contribution is -0.114. The Morgan fingerprint density at radius 1 is 0.955 bits per heavy atom. The smallest absolute Gasteiger partial charge is 0.267 e. The molecular weight excluding hydrogens is 272 g/mol. The van der Waals surface area contributed by atoms with Crippen molar-refractivity contribution in [2.45, 2.75) is 20.8 Å². The quantitative estimate of drug-likeness (QED) is 0.766. The number of amides is 1. The summed E-state index contributed by atoms with van der Waals surface area (Å²) in [5, 5.41) is 5.92. The summed E-state index contributed by atoms with van der Waals surface area (Å²) in [6.45, 7) is 5.90. The van der Waals surface area contributed by atoms with Gasteiger partial charge in [0.15, 0.2) is 0 Å². The Hall–Kier alpha value is -2.68. The summed E-state index contributed by atoms with van der Waals surface area (Å²) in [5.41, 5.74) is 5.46. The van der Waals surface area contributed by atoms with E-state index in [4.69, 9.17) is 0 Å². The molecule has 1 heterocycles. The monoisotopic (exact) mass is 290 g/mol. The van der Waals surface area contributed by atoms with Gasteiger partial charge >= 0.3 is 0 Å². The standard InChI is InChI=1S/C19H18N2O/c1-13-8-10-16(11-9-13)12-17-15(3)20-21(19(17)22)18-7-5-4-6-14(18)2/h4-12H,1-3H3/b17-12-. The number of rotatable bonds is 2. The molecule has 0 N–H and O–H groups in total. The summed E-state index contributed by atoms with van der Waals surface area (Å²) >= 11 is 0. The van der Waals surface area contributed by atoms with E-state index in [0.29, 0.717) is 5.57 Å². The molecule has 0 spiro atoms. The number of carbonyl (C=O) groups is 1. The van der Waals surface area contributed by atoms with Crippen LogP contribution in [0.2, 0.25) is 0 Å². The van der Waals surface area contributed by atoms with E-state index in [1.807, 2.05) is 75.4 Å². The normalized spacial score (nSPS) is 16.3. The Kier molecular flexibility index (Phi) is 3.63. The van der Waals surface area contributed by atoms with Crippen LogP contribution < -0.4 is 5.01 Å². The molecule has 3 rings (SSSR count). The number of benzene rings is 2. The molecule has 0 bridgehead atoms. The van der Waals surface area contributed by atoms with E-state index in [1.165, 1.54) is 10.6 Å². The lowest BCUT2D eigenvalue weighted by Crippen LogP contribution is -2.22. The van der Waals surface area contributed by atoms with E-state index in [1.54, 1.807) is 0 Å². The van der Waals surface area contributed by atoms with Crippen molar-refractivity contribution in [3.63, 3.8) is 0 Å². The van der Waals surface area contributed by atoms with E-state index >= 15 is 0 Å². The van der Waals surface area contributed by atoms with Crippen LogP contribution in [0.1, 0.15) is 23.6 Å². The number of anilines is 1. The average Bonchev–Trinajstić information content (AvgIpc) is 2.78. The fourth-order valence-electron chi connectivity index (χ4n) is 2.48. The number of hydrogen-bond acceptors (Lipinski definition) is 2. The molecule has 22 heavy (non-hydrogen) atoms. The van der Waals surface area contributed by atoms with Crippen molar-refractivity contribution in [3.8, 4) is 0 Å². The Morgan fingerprint density at radius 3 is 2.32 bits per heavy atom. The minimum Gasteiger partial charge on any atom is -0.267 e. The number of aryl methyl sites for hydroxylation is 2. The first-order valence-electron chi connectivity index (χ1n) is 7.30. The van der Waals surface area contributed by atoms with Gasteiger partial charge < -0.3 is 0 Å². The summed E-state index contributed by atoms with van der Waals surface area (Å²) in [5.74, 6) is -0.0765. The third-order valence-corrected chi connectivity index (χ3v) is 3.79. The van der Waals surface area contributed by atoms with Gasteiger partial charge in [0, 0.05) is 0 Å². The molecule has 3 nitrogen and oxygen atoms in total. The van der Waals surface area contributed by atoms with Gasteiger partial charge in [0.25, 0.3) is 5.91 Å². The van der Waals surface area contributed by atoms with Gasteiger partial charge in [-0.3, -0.25) is 4.79 Å². The van der Waals surface area contributed by atoms with Crippen molar-refractivity contribution in [3.05, 3.63) is 70.8 Å². The molecule has 1 aliphatic rings. The third-order valence-electron chi connectivity index (χ3n) is 3.79. The zero-order valence-electron chi connectivity index (χ0n) is 13.0. The second kappa shape index (κ2) is 5.60. The zero-order chi connectivity index (χ0) is 15.7. The minimum atomic E-state index is -0.0765. The van der Waals surface area contributed by atoms with Gasteiger partial charge in [-0.2, -0.15) is 10.1 Å². The highest BCUT2D eigenvalue weighted by Crippen LogP contribution is 2.27. The Morgan fingerprint density at radius 2 is 1.64 bits per heavy atom. The Balaban J connectivity index is 1.97. The predicted octanol–water partition coefficient (Wildman–Crippen LogP) is 4.11. The molecule has 0 aromatic heterocycles. The van der Waals surface area contributed by atoms with Gasteiger partial charge in [-0.1, -0.05) is 48.0 Å². The topological polar surface area (TPSA) is 32.7 Å². The second-order valence-electron chi connectivity index (χ2n) is 5.56. The number of nitrogens with zero attached hydrogens (tertiary/aromatic N) is 2. The minimum absolute atomic E-state index is 0.0765. The van der Waals surface area contributed by atoms with Gasteiger partial charge in [-0.15, -0.1) is 0 Å². The Bertz CT molecular complexity index is 785. The van der Waals surface area contributed by atoms with Crippen LogP contribution in [0.3, 0.4) is 0 Å². The highest BCUT2D eigenvalue weighted by atomic mass is 16.2. The summed E-state index contributed by atoms with van der Waals surface area (Å²) < 4.78 is 0. The largest absolute Gasteiger partial charge is 0.280 e. The maximum Gasteiger partial charge on any atom is 0.280 e. The number of carbonyl (C=O) groups excluding carboxylic acids is 1. The highest BCUT2D eigenvalue weighted by Gasteiger charge is 2.29. The van der Waals surface area contributed by atoms with Crippen LogP contribution in [-0.4, -0.2) is 11.6 Å². The van der Waals surface area contributed by atoms with Gasteiger partial charge in [0.05, 0.1) is 17.0 Å². The van der Waals surface area contributed by atoms with Gasteiger partial charge in [-0.25, -0.2) is 0 Å². The van der Waals surface area contributed by atoms with Gasteiger partial charge in [-0.05, 0) is 44.0 Å². The SMILES string of the molecule is CC1=NN(c2ccccc2C)C(=O)/C1=C\c1ccc(C)cc1. The molecule has 1 amide bonds. The molecule has 2 aromatic rings. The van der Waals surface area contributed by atoms with E-state index in [2.05, 4.69) is 5.10 Å². The molecular formula is C19H18N2O. The maximum atomic E-state index is 12.7. The molecule has 3 heteroatoms. The van der Waals surface area contributed by atoms with Crippen molar-refractivity contribution in [1.29, 1.82) is 0 Å². The molecule has 0 atom stereocenters. The van der Waals surface area contributed by atoms with Crippen molar-refractivity contribution in [1.82, 2.24) is 0 Å². The molecule has 1 aliphatic heterocycles. The molecule has 0 unspecified atom stereocenters. The number of para-hydroxylation sites is 1. The number of hydrazone groups is 1. The Labute approximate surface area is 130 Å². The molecule has 2 aromatic carbocycles. The fourth-order valence-corrected chi connectivity index (χ4v) is 2.48. The van der Waals surface area contributed by atoms with E-state index < -0.39 is 0 Å². The van der Waals surface area contributed by atoms with Crippen LogP contribution in [-0.2, 0) is 4.79 Å². The maximum absolute atomic E-state index is 12.7. The van der Waals surface area contributed by atoms with E-state index in [-0.39, 0.29) is 5.91 Å². The molecule has 0 aliphatic carbocycles. The van der Waals surface area contributed by atoms with Crippen LogP contribution in [0.4, 0.5) is 5.69 Å². The molecule has 110 valence electrons. The lowest BCUT2D eigenvalue weighted by Gasteiger charge is -2.14. The first-order valence-corrected chi connectivity index (χ1v) is 7.30. The van der Waals surface area contributed by atoms with Gasteiger partial charge in [0.2, 0.25) is 0 Å². The first-order chi connectivity index (χ1) is 10.6. The summed E-state index contributed by atoms with van der Waals surface area (Å²) in [6.07, 6.45) is 1.90. The summed E-state index contributed by atoms with van der Waals surface area (Å²) in [7, 11) is 0. The van der Waals surface area contributed by atoms with Crippen LogP contribution in [0, 0.1) is 13.8 Å². The molecule has 0 saturated heterocycles. The van der Waals surface area contributed by atoms with Gasteiger partial charge in [0.1, 0.15) is 0 Å². The van der Waals surface area contributed by atoms with Crippen molar-refractivity contribution in [2.75, 3.05) is 5.01 Å². The van der Waals surface area contributed by atoms with Crippen LogP contribution in [0.25, 0.3) is 6.08 Å². The van der Waals surface area contributed by atoms with E-state index in [0.717, 1.165) is 22.5 Å². The fraction of sp³-hybridized carbons (Fsp3) is 0.158. The second-order valence-corrected chi connectivity index (χ2v) is 5.56. The molecule has 0 fully saturated rings. The average molecular weight is 290 g/mol. The summed E-state index contributed by atoms with van der Waals surface area (Å²) in [6, 6.07) is 15.9. The van der Waals surface area contributed by atoms with Crippen LogP contribution in [0.15, 0.2) is 59.2 Å². The predicted molar refractivity (Wildman–Crippen MR) is 90.9 cm³/mol. The lowest BCUT2D eigenvalue weighted by atomic mass is 10.1. The molecule has 0 saturated carbocycles. The highest BCUT2D eigenvalue weighted by molar-refractivity contribution is 6.32. The van der Waals surface area contributed by atoms with Crippen LogP contribution in [0.5, 0.6) is 0 Å². The van der Waals surface area contributed by atoms with Crippen molar-refractivity contribution < 1.29 is 4.79 Å². The summed E-state index contributed by atoms with van der Waals surface area (Å²) in [4.78, 5) is 12.7. The number of hydrogen-bond donors (Lipinski definition) is 0.